The van der Waals surface area contributed by atoms with Gasteiger partial charge in [0.15, 0.2) is 5.96 Å². The van der Waals surface area contributed by atoms with E-state index in [0.29, 0.717) is 25.6 Å². The van der Waals surface area contributed by atoms with Crippen LogP contribution in [0.2, 0.25) is 0 Å². The average molecular weight is 393 g/mol. The minimum atomic E-state index is -0.641. The van der Waals surface area contributed by atoms with E-state index in [0.717, 1.165) is 11.1 Å². The van der Waals surface area contributed by atoms with Crippen LogP contribution in [0.4, 0.5) is 4.79 Å². The van der Waals surface area contributed by atoms with Crippen LogP contribution in [0.25, 0.3) is 0 Å². The summed E-state index contributed by atoms with van der Waals surface area (Å²) < 4.78 is 5.30. The second-order valence-corrected chi connectivity index (χ2v) is 8.51. The van der Waals surface area contributed by atoms with Gasteiger partial charge >= 0.3 is 6.09 Å². The zero-order chi connectivity index (χ0) is 21.4. The summed E-state index contributed by atoms with van der Waals surface area (Å²) in [6, 6.07) is 7.78. The fourth-order valence-electron chi connectivity index (χ4n) is 2.34. The lowest BCUT2D eigenvalue weighted by Gasteiger charge is -2.27. The Labute approximate surface area is 169 Å². The van der Waals surface area contributed by atoms with Crippen molar-refractivity contribution < 1.29 is 14.6 Å². The molecule has 1 atom stereocenters. The molecule has 1 aromatic carbocycles. The van der Waals surface area contributed by atoms with Gasteiger partial charge in [-0.2, -0.15) is 0 Å². The Morgan fingerprint density at radius 1 is 1.14 bits per heavy atom. The van der Waals surface area contributed by atoms with Gasteiger partial charge in [-0.1, -0.05) is 29.8 Å². The van der Waals surface area contributed by atoms with Gasteiger partial charge in [-0.25, -0.2) is 4.79 Å². The molecular weight excluding hydrogens is 356 g/mol. The number of aliphatic imine (C=N–C) groups is 1. The van der Waals surface area contributed by atoms with Gasteiger partial charge in [0, 0.05) is 13.1 Å². The van der Waals surface area contributed by atoms with Crippen molar-refractivity contribution >= 4 is 12.1 Å². The van der Waals surface area contributed by atoms with E-state index in [9.17, 15) is 9.90 Å². The number of rotatable bonds is 7. The van der Waals surface area contributed by atoms with Crippen LogP contribution in [0.1, 0.15) is 58.8 Å². The maximum absolute atomic E-state index is 12.0. The van der Waals surface area contributed by atoms with E-state index in [1.807, 2.05) is 72.7 Å². The van der Waals surface area contributed by atoms with Crippen LogP contribution >= 0.6 is 0 Å². The van der Waals surface area contributed by atoms with Gasteiger partial charge < -0.3 is 25.8 Å². The molecule has 0 bridgehead atoms. The van der Waals surface area contributed by atoms with E-state index in [1.54, 1.807) is 0 Å². The van der Waals surface area contributed by atoms with E-state index in [1.165, 1.54) is 0 Å². The van der Waals surface area contributed by atoms with Crippen molar-refractivity contribution in [2.75, 3.05) is 19.6 Å². The molecule has 0 aliphatic carbocycles. The lowest BCUT2D eigenvalue weighted by molar-refractivity contribution is 0.0476. The first kappa shape index (κ1) is 23.8. The maximum atomic E-state index is 12.0. The molecule has 1 rings (SSSR count). The zero-order valence-electron chi connectivity index (χ0n) is 18.2. The molecule has 0 aliphatic rings. The van der Waals surface area contributed by atoms with Crippen LogP contribution < -0.4 is 16.0 Å². The van der Waals surface area contributed by atoms with Crippen molar-refractivity contribution in [3.05, 3.63) is 35.4 Å². The van der Waals surface area contributed by atoms with Gasteiger partial charge in [0.2, 0.25) is 0 Å². The number of hydrogen-bond acceptors (Lipinski definition) is 4. The summed E-state index contributed by atoms with van der Waals surface area (Å²) in [7, 11) is 0. The molecule has 1 amide bonds. The third-order valence-corrected chi connectivity index (χ3v) is 3.74. The van der Waals surface area contributed by atoms with E-state index in [-0.39, 0.29) is 0 Å². The standard InChI is InChI=1S/C21H36N4O3/c1-8-22-18(23-13-17(26)16-11-9-15(2)10-12-16)24-14-21(6,7)25-19(27)28-20(3,4)5/h9-12,17,26H,8,13-14H2,1-7H3,(H,25,27)(H2,22,23,24). The molecule has 0 radical (unpaired) electrons. The normalized spacial score (nSPS) is 13.6. The maximum Gasteiger partial charge on any atom is 0.408 e. The fourth-order valence-corrected chi connectivity index (χ4v) is 2.34. The number of carbonyl (C=O) groups excluding carboxylic acids is 1. The Balaban J connectivity index is 2.64. The monoisotopic (exact) mass is 392 g/mol. The zero-order valence-corrected chi connectivity index (χ0v) is 18.2. The van der Waals surface area contributed by atoms with Gasteiger partial charge in [0.25, 0.3) is 0 Å². The number of carbonyl (C=O) groups is 1. The van der Waals surface area contributed by atoms with E-state index in [2.05, 4.69) is 20.9 Å². The molecule has 1 aromatic rings. The number of guanidine groups is 1. The van der Waals surface area contributed by atoms with Gasteiger partial charge in [0.1, 0.15) is 5.60 Å². The number of aliphatic hydroxyl groups is 1. The average Bonchev–Trinajstić information content (AvgIpc) is 2.55. The van der Waals surface area contributed by atoms with Crippen LogP contribution in [0.3, 0.4) is 0 Å². The second kappa shape index (κ2) is 10.3. The summed E-state index contributed by atoms with van der Waals surface area (Å²) in [5, 5.41) is 19.5. The van der Waals surface area contributed by atoms with E-state index < -0.39 is 23.3 Å². The molecular formula is C21H36N4O3. The molecule has 0 saturated heterocycles. The molecule has 4 N–H and O–H groups in total. The summed E-state index contributed by atoms with van der Waals surface area (Å²) in [4.78, 5) is 16.5. The SMILES string of the molecule is CCNC(=NCC(C)(C)NC(=O)OC(C)(C)C)NCC(O)c1ccc(C)cc1. The summed E-state index contributed by atoms with van der Waals surface area (Å²) >= 11 is 0. The number of aliphatic hydroxyl groups excluding tert-OH is 1. The smallest absolute Gasteiger partial charge is 0.408 e. The predicted molar refractivity (Wildman–Crippen MR) is 114 cm³/mol. The molecule has 0 fully saturated rings. The van der Waals surface area contributed by atoms with Crippen molar-refractivity contribution in [2.45, 2.75) is 65.7 Å². The highest BCUT2D eigenvalue weighted by Crippen LogP contribution is 2.13. The van der Waals surface area contributed by atoms with Gasteiger partial charge in [0.05, 0.1) is 18.2 Å². The summed E-state index contributed by atoms with van der Waals surface area (Å²) in [5.74, 6) is 0.577. The summed E-state index contributed by atoms with van der Waals surface area (Å²) in [5.41, 5.74) is 0.867. The molecule has 0 aliphatic heterocycles. The minimum absolute atomic E-state index is 0.328. The number of nitrogens with one attached hydrogen (secondary N) is 3. The minimum Gasteiger partial charge on any atom is -0.444 e. The summed E-state index contributed by atoms with van der Waals surface area (Å²) in [6.45, 7) is 14.6. The second-order valence-electron chi connectivity index (χ2n) is 8.51. The molecule has 0 heterocycles. The first-order chi connectivity index (χ1) is 12.9. The molecule has 28 heavy (non-hydrogen) atoms. The van der Waals surface area contributed by atoms with Crippen LogP contribution in [-0.2, 0) is 4.74 Å². The summed E-state index contributed by atoms with van der Waals surface area (Å²) in [6.07, 6.45) is -1.11. The highest BCUT2D eigenvalue weighted by molar-refractivity contribution is 5.80. The Kier molecular flexibility index (Phi) is 8.75. The number of amides is 1. The quantitative estimate of drug-likeness (QED) is 0.423. The Morgan fingerprint density at radius 2 is 1.75 bits per heavy atom. The largest absolute Gasteiger partial charge is 0.444 e. The molecule has 158 valence electrons. The van der Waals surface area contributed by atoms with E-state index in [4.69, 9.17) is 4.74 Å². The fraction of sp³-hybridized carbons (Fsp3) is 0.619. The molecule has 0 aromatic heterocycles. The van der Waals surface area contributed by atoms with Crippen LogP contribution in [-0.4, -0.2) is 47.9 Å². The van der Waals surface area contributed by atoms with Crippen LogP contribution in [0.5, 0.6) is 0 Å². The number of benzene rings is 1. The van der Waals surface area contributed by atoms with Crippen LogP contribution in [0.15, 0.2) is 29.3 Å². The lowest BCUT2D eigenvalue weighted by Crippen LogP contribution is -2.49. The number of ether oxygens (including phenoxy) is 1. The van der Waals surface area contributed by atoms with E-state index >= 15 is 0 Å². The third-order valence-electron chi connectivity index (χ3n) is 3.74. The Morgan fingerprint density at radius 3 is 2.29 bits per heavy atom. The Hall–Kier alpha value is -2.28. The highest BCUT2D eigenvalue weighted by Gasteiger charge is 2.24. The van der Waals surface area contributed by atoms with Gasteiger partial charge in [-0.3, -0.25) is 4.99 Å². The molecule has 0 spiro atoms. The van der Waals surface area contributed by atoms with Crippen LogP contribution in [0, 0.1) is 6.92 Å². The number of hydrogen-bond donors (Lipinski definition) is 4. The number of nitrogens with zero attached hydrogens (tertiary/aromatic N) is 1. The van der Waals surface area contributed by atoms with Crippen molar-refractivity contribution in [1.29, 1.82) is 0 Å². The van der Waals surface area contributed by atoms with Crippen molar-refractivity contribution in [2.24, 2.45) is 4.99 Å². The highest BCUT2D eigenvalue weighted by atomic mass is 16.6. The Bertz CT molecular complexity index is 649. The van der Waals surface area contributed by atoms with Gasteiger partial charge in [-0.05, 0) is 54.0 Å². The molecule has 0 saturated carbocycles. The molecule has 1 unspecified atom stereocenters. The van der Waals surface area contributed by atoms with Gasteiger partial charge in [-0.15, -0.1) is 0 Å². The van der Waals surface area contributed by atoms with Crippen molar-refractivity contribution in [3.63, 3.8) is 0 Å². The van der Waals surface area contributed by atoms with Crippen molar-refractivity contribution in [3.8, 4) is 0 Å². The topological polar surface area (TPSA) is 95.0 Å². The first-order valence-corrected chi connectivity index (χ1v) is 9.70. The number of alkyl carbamates (subject to hydrolysis) is 1. The number of aryl methyl sites for hydroxylation is 1. The third kappa shape index (κ3) is 9.60. The molecule has 7 nitrogen and oxygen atoms in total. The predicted octanol–water partition coefficient (Wildman–Crippen LogP) is 2.89. The first-order valence-electron chi connectivity index (χ1n) is 9.70. The lowest BCUT2D eigenvalue weighted by atomic mass is 10.1. The van der Waals surface area contributed by atoms with Crippen molar-refractivity contribution in [1.82, 2.24) is 16.0 Å². The molecule has 7 heteroatoms.